The number of carbonyl (C=O) groups excluding carboxylic acids is 2. The molecular weight excluding hydrogens is 899 g/mol. The Morgan fingerprint density at radius 3 is 0.973 bits per heavy atom. The van der Waals surface area contributed by atoms with E-state index in [9.17, 15) is 19.8 Å². The maximum atomic E-state index is 12.5. The van der Waals surface area contributed by atoms with Gasteiger partial charge in [-0.05, 0) is 77.0 Å². The molecule has 6 heteroatoms. The van der Waals surface area contributed by atoms with Crippen LogP contribution in [0.4, 0.5) is 0 Å². The predicted molar refractivity (Wildman–Crippen MR) is 320 cm³/mol. The summed E-state index contributed by atoms with van der Waals surface area (Å²) in [5.74, 6) is -0.0317. The Morgan fingerprint density at radius 2 is 0.644 bits per heavy atom. The van der Waals surface area contributed by atoms with Gasteiger partial charge in [0.1, 0.15) is 0 Å². The lowest BCUT2D eigenvalue weighted by atomic mass is 10.0. The van der Waals surface area contributed by atoms with E-state index in [1.165, 1.54) is 289 Å². The second-order valence-electron chi connectivity index (χ2n) is 22.8. The van der Waals surface area contributed by atoms with Gasteiger partial charge in [0.15, 0.2) is 0 Å². The zero-order valence-corrected chi connectivity index (χ0v) is 49.4. The molecule has 0 saturated carbocycles. The van der Waals surface area contributed by atoms with Crippen molar-refractivity contribution >= 4 is 11.9 Å². The van der Waals surface area contributed by atoms with Crippen LogP contribution in [0.25, 0.3) is 0 Å². The second-order valence-corrected chi connectivity index (χ2v) is 22.8. The molecule has 0 aliphatic rings. The van der Waals surface area contributed by atoms with Crippen LogP contribution in [0.3, 0.4) is 0 Å². The Kier molecular flexibility index (Phi) is 61.4. The molecule has 0 aliphatic heterocycles. The lowest BCUT2D eigenvalue weighted by Crippen LogP contribution is -2.45. The van der Waals surface area contributed by atoms with E-state index in [2.05, 4.69) is 43.5 Å². The van der Waals surface area contributed by atoms with E-state index in [1.54, 1.807) is 0 Å². The molecular formula is C67H129NO5. The molecule has 0 aromatic carbocycles. The molecule has 2 atom stereocenters. The Labute approximate surface area is 456 Å². The minimum atomic E-state index is -0.669. The number of rotatable bonds is 62. The van der Waals surface area contributed by atoms with E-state index < -0.39 is 12.1 Å². The Morgan fingerprint density at radius 1 is 0.370 bits per heavy atom. The van der Waals surface area contributed by atoms with Crippen LogP contribution in [0.1, 0.15) is 367 Å². The highest BCUT2D eigenvalue weighted by Crippen LogP contribution is 2.18. The topological polar surface area (TPSA) is 95.9 Å². The number of nitrogens with one attached hydrogen (secondary N) is 1. The number of carbonyl (C=O) groups is 2. The van der Waals surface area contributed by atoms with Crippen LogP contribution in [0.5, 0.6) is 0 Å². The Balaban J connectivity index is 3.40. The molecule has 0 bridgehead atoms. The van der Waals surface area contributed by atoms with Crippen LogP contribution in [-0.2, 0) is 14.3 Å². The molecule has 0 aliphatic carbocycles. The maximum absolute atomic E-state index is 12.5. The average molecular weight is 1030 g/mol. The fourth-order valence-electron chi connectivity index (χ4n) is 10.4. The monoisotopic (exact) mass is 1030 g/mol. The van der Waals surface area contributed by atoms with Crippen molar-refractivity contribution in [2.24, 2.45) is 0 Å². The molecule has 0 heterocycles. The number of aliphatic hydroxyl groups excluding tert-OH is 2. The molecule has 0 aromatic rings. The number of hydrogen-bond donors (Lipinski definition) is 3. The van der Waals surface area contributed by atoms with Gasteiger partial charge in [0.2, 0.25) is 5.91 Å². The first-order valence-corrected chi connectivity index (χ1v) is 33.1. The summed E-state index contributed by atoms with van der Waals surface area (Å²) in [5, 5.41) is 23.3. The first-order chi connectivity index (χ1) is 36.0. The molecule has 0 saturated heterocycles. The number of ether oxygens (including phenoxy) is 1. The van der Waals surface area contributed by atoms with Gasteiger partial charge in [0.25, 0.3) is 0 Å². The zero-order chi connectivity index (χ0) is 52.9. The fraction of sp³-hybridized carbons (Fsp3) is 0.910. The van der Waals surface area contributed by atoms with E-state index >= 15 is 0 Å². The van der Waals surface area contributed by atoms with E-state index in [1.807, 2.05) is 0 Å². The van der Waals surface area contributed by atoms with Gasteiger partial charge < -0.3 is 20.3 Å². The summed E-state index contributed by atoms with van der Waals surface area (Å²) in [4.78, 5) is 24.6. The third-order valence-corrected chi connectivity index (χ3v) is 15.5. The first-order valence-electron chi connectivity index (χ1n) is 33.1. The summed E-state index contributed by atoms with van der Waals surface area (Å²) in [6.07, 6.45) is 77.7. The number of hydrogen-bond acceptors (Lipinski definition) is 5. The molecule has 73 heavy (non-hydrogen) atoms. The lowest BCUT2D eigenvalue weighted by molar-refractivity contribution is -0.143. The van der Waals surface area contributed by atoms with Crippen LogP contribution in [0, 0.1) is 0 Å². The quantitative estimate of drug-likeness (QED) is 0.0320. The van der Waals surface area contributed by atoms with Crippen molar-refractivity contribution in [3.05, 3.63) is 24.3 Å². The van der Waals surface area contributed by atoms with Crippen molar-refractivity contribution in [3.8, 4) is 0 Å². The molecule has 3 N–H and O–H groups in total. The van der Waals surface area contributed by atoms with Crippen LogP contribution in [0.15, 0.2) is 24.3 Å². The number of allylic oxidation sites excluding steroid dienone is 4. The highest BCUT2D eigenvalue weighted by Gasteiger charge is 2.20. The highest BCUT2D eigenvalue weighted by molar-refractivity contribution is 5.76. The van der Waals surface area contributed by atoms with Gasteiger partial charge in [-0.3, -0.25) is 9.59 Å². The van der Waals surface area contributed by atoms with Gasteiger partial charge in [-0.15, -0.1) is 0 Å². The van der Waals surface area contributed by atoms with Gasteiger partial charge >= 0.3 is 5.97 Å². The molecule has 0 rings (SSSR count). The fourth-order valence-corrected chi connectivity index (χ4v) is 10.4. The summed E-state index contributed by atoms with van der Waals surface area (Å²) >= 11 is 0. The molecule has 1 amide bonds. The van der Waals surface area contributed by atoms with Crippen molar-refractivity contribution in [1.82, 2.24) is 5.32 Å². The molecule has 0 spiro atoms. The lowest BCUT2D eigenvalue weighted by Gasteiger charge is -2.22. The summed E-state index contributed by atoms with van der Waals surface area (Å²) in [6, 6.07) is -0.547. The van der Waals surface area contributed by atoms with Gasteiger partial charge in [0, 0.05) is 12.8 Å². The number of aliphatic hydroxyl groups is 2. The van der Waals surface area contributed by atoms with Gasteiger partial charge in [-0.2, -0.15) is 0 Å². The summed E-state index contributed by atoms with van der Waals surface area (Å²) < 4.78 is 5.50. The maximum Gasteiger partial charge on any atom is 0.305 e. The van der Waals surface area contributed by atoms with E-state index in [0.717, 1.165) is 44.9 Å². The standard InChI is InChI=1S/C67H129NO5/c1-3-5-7-9-11-13-15-17-19-21-25-29-33-37-41-45-49-53-57-61-67(72)73-62-58-54-50-46-42-38-34-30-27-24-22-23-26-28-32-36-40-44-48-52-56-60-66(71)68-64(63-69)65(70)59-55-51-47-43-39-35-31-20-18-16-14-12-10-8-6-4-2/h17,19,23,26,64-65,69-70H,3-16,18,20-22,24-25,27-63H2,1-2H3,(H,68,71)/b19-17-,26-23-. The largest absolute Gasteiger partial charge is 0.466 e. The zero-order valence-electron chi connectivity index (χ0n) is 49.4. The normalized spacial score (nSPS) is 12.7. The Hall–Kier alpha value is -1.66. The van der Waals surface area contributed by atoms with Crippen LogP contribution >= 0.6 is 0 Å². The third kappa shape index (κ3) is 59.4. The predicted octanol–water partition coefficient (Wildman–Crippen LogP) is 21.0. The summed E-state index contributed by atoms with van der Waals surface area (Å²) in [7, 11) is 0. The van der Waals surface area contributed by atoms with Crippen molar-refractivity contribution < 1.29 is 24.5 Å². The minimum absolute atomic E-state index is 0.00850. The third-order valence-electron chi connectivity index (χ3n) is 15.5. The van der Waals surface area contributed by atoms with Gasteiger partial charge in [0.05, 0.1) is 25.4 Å². The van der Waals surface area contributed by atoms with Crippen molar-refractivity contribution in [1.29, 1.82) is 0 Å². The SMILES string of the molecule is CCCCCCCC/C=C\CCCCCCCCCCCC(=O)OCCCCCCCCCCCC/C=C\CCCCCCCCCC(=O)NC(CO)C(O)CCCCCCCCCCCCCCCCCC. The summed E-state index contributed by atoms with van der Waals surface area (Å²) in [6.45, 7) is 4.97. The Bertz CT molecular complexity index is 1140. The molecule has 0 fully saturated rings. The van der Waals surface area contributed by atoms with Crippen LogP contribution < -0.4 is 5.32 Å². The molecule has 432 valence electrons. The van der Waals surface area contributed by atoms with Crippen LogP contribution in [-0.4, -0.2) is 47.4 Å². The van der Waals surface area contributed by atoms with Gasteiger partial charge in [-0.1, -0.05) is 301 Å². The van der Waals surface area contributed by atoms with Crippen molar-refractivity contribution in [3.63, 3.8) is 0 Å². The second kappa shape index (κ2) is 62.9. The first kappa shape index (κ1) is 71.3. The van der Waals surface area contributed by atoms with Crippen molar-refractivity contribution in [2.75, 3.05) is 13.2 Å². The molecule has 6 nitrogen and oxygen atoms in total. The number of amides is 1. The van der Waals surface area contributed by atoms with Gasteiger partial charge in [-0.25, -0.2) is 0 Å². The number of esters is 1. The van der Waals surface area contributed by atoms with E-state index in [0.29, 0.717) is 25.9 Å². The van der Waals surface area contributed by atoms with Crippen LogP contribution in [0.2, 0.25) is 0 Å². The molecule has 0 aromatic heterocycles. The minimum Gasteiger partial charge on any atom is -0.466 e. The van der Waals surface area contributed by atoms with E-state index in [-0.39, 0.29) is 18.5 Å². The highest BCUT2D eigenvalue weighted by atomic mass is 16.5. The molecule has 0 radical (unpaired) electrons. The number of unbranched alkanes of at least 4 members (excludes halogenated alkanes) is 47. The smallest absolute Gasteiger partial charge is 0.305 e. The summed E-state index contributed by atoms with van der Waals surface area (Å²) in [5.41, 5.74) is 0. The van der Waals surface area contributed by atoms with E-state index in [4.69, 9.17) is 4.74 Å². The molecule has 2 unspecified atom stereocenters. The van der Waals surface area contributed by atoms with Crippen molar-refractivity contribution in [2.45, 2.75) is 379 Å². The average Bonchev–Trinajstić information content (AvgIpc) is 3.39.